The smallest absolute Gasteiger partial charge is 0.407 e. The Balaban J connectivity index is 1.69. The number of benzene rings is 1. The second kappa shape index (κ2) is 7.73. The molecular weight excluding hydrogens is 330 g/mol. The van der Waals surface area contributed by atoms with Crippen LogP contribution in [0.1, 0.15) is 37.6 Å². The summed E-state index contributed by atoms with van der Waals surface area (Å²) < 4.78 is 15.4. The van der Waals surface area contributed by atoms with E-state index in [0.717, 1.165) is 0 Å². The molecule has 0 aromatic heterocycles. The van der Waals surface area contributed by atoms with Crippen molar-refractivity contribution in [3.8, 4) is 11.5 Å². The number of amides is 3. The summed E-state index contributed by atoms with van der Waals surface area (Å²) in [5.74, 6) is 0.0891. The number of carbonyl (C=O) groups is 3. The van der Waals surface area contributed by atoms with E-state index in [9.17, 15) is 14.4 Å². The first-order valence-electron chi connectivity index (χ1n) is 7.70. The van der Waals surface area contributed by atoms with Gasteiger partial charge in [0, 0.05) is 18.5 Å². The average molecular weight is 351 g/mol. The lowest BCUT2D eigenvalue weighted by atomic mass is 10.2. The minimum absolute atomic E-state index is 0.0132. The Bertz CT molecular complexity index is 668. The molecule has 9 heteroatoms. The summed E-state index contributed by atoms with van der Waals surface area (Å²) in [6, 6.07) is 4.69. The zero-order valence-corrected chi connectivity index (χ0v) is 14.3. The fourth-order valence-electron chi connectivity index (χ4n) is 1.89. The molecule has 0 bridgehead atoms. The fraction of sp³-hybridized carbons (Fsp3) is 0.438. The van der Waals surface area contributed by atoms with Gasteiger partial charge in [0.2, 0.25) is 12.7 Å². The molecule has 0 radical (unpaired) electrons. The van der Waals surface area contributed by atoms with Crippen molar-refractivity contribution in [2.75, 3.05) is 13.3 Å². The summed E-state index contributed by atoms with van der Waals surface area (Å²) in [5, 5.41) is 2.45. The number of rotatable bonds is 4. The molecule has 0 aliphatic carbocycles. The van der Waals surface area contributed by atoms with Gasteiger partial charge in [0.05, 0.1) is 0 Å². The third-order valence-electron chi connectivity index (χ3n) is 2.97. The summed E-state index contributed by atoms with van der Waals surface area (Å²) in [5.41, 5.74) is 4.27. The molecule has 0 spiro atoms. The summed E-state index contributed by atoms with van der Waals surface area (Å²) in [6.07, 6.45) is -0.620. The van der Waals surface area contributed by atoms with Gasteiger partial charge in [-0.05, 0) is 39.0 Å². The van der Waals surface area contributed by atoms with E-state index in [1.807, 2.05) is 0 Å². The minimum Gasteiger partial charge on any atom is -0.454 e. The van der Waals surface area contributed by atoms with E-state index in [0.29, 0.717) is 17.1 Å². The summed E-state index contributed by atoms with van der Waals surface area (Å²) >= 11 is 0. The highest BCUT2D eigenvalue weighted by Crippen LogP contribution is 2.32. The number of ether oxygens (including phenoxy) is 3. The maximum absolute atomic E-state index is 12.0. The molecule has 136 valence electrons. The molecule has 1 aliphatic heterocycles. The molecule has 1 aliphatic rings. The van der Waals surface area contributed by atoms with Gasteiger partial charge in [-0.1, -0.05) is 0 Å². The standard InChI is InChI=1S/C16H21N3O6/c1-16(2,3)25-15(22)17-7-6-13(20)18-19-14(21)10-4-5-11-12(8-10)24-9-23-11/h4-5,8H,6-7,9H2,1-3H3,(H,17,22)(H,18,20)(H,19,21). The summed E-state index contributed by atoms with van der Waals surface area (Å²) in [6.45, 7) is 5.42. The summed E-state index contributed by atoms with van der Waals surface area (Å²) in [4.78, 5) is 35.1. The Morgan fingerprint density at radius 3 is 2.56 bits per heavy atom. The maximum atomic E-state index is 12.0. The normalized spacial score (nSPS) is 12.3. The largest absolute Gasteiger partial charge is 0.454 e. The van der Waals surface area contributed by atoms with Crippen molar-refractivity contribution in [1.82, 2.24) is 16.2 Å². The van der Waals surface area contributed by atoms with E-state index in [2.05, 4.69) is 16.2 Å². The van der Waals surface area contributed by atoms with Crippen LogP contribution in [0.15, 0.2) is 18.2 Å². The zero-order valence-electron chi connectivity index (χ0n) is 14.3. The molecule has 1 heterocycles. The van der Waals surface area contributed by atoms with Crippen molar-refractivity contribution in [3.05, 3.63) is 23.8 Å². The quantitative estimate of drug-likeness (QED) is 0.700. The van der Waals surface area contributed by atoms with Crippen molar-refractivity contribution in [2.24, 2.45) is 0 Å². The molecule has 3 N–H and O–H groups in total. The number of alkyl carbamates (subject to hydrolysis) is 1. The Hall–Kier alpha value is -2.97. The molecule has 25 heavy (non-hydrogen) atoms. The monoisotopic (exact) mass is 351 g/mol. The van der Waals surface area contributed by atoms with Crippen LogP contribution in [0.5, 0.6) is 11.5 Å². The molecule has 3 amide bonds. The van der Waals surface area contributed by atoms with Crippen LogP contribution in [0.4, 0.5) is 4.79 Å². The molecule has 0 unspecified atom stereocenters. The van der Waals surface area contributed by atoms with Crippen molar-refractivity contribution >= 4 is 17.9 Å². The lowest BCUT2D eigenvalue weighted by molar-refractivity contribution is -0.121. The second-order valence-electron chi connectivity index (χ2n) is 6.25. The topological polar surface area (TPSA) is 115 Å². The van der Waals surface area contributed by atoms with Crippen LogP contribution < -0.4 is 25.6 Å². The lowest BCUT2D eigenvalue weighted by Gasteiger charge is -2.19. The van der Waals surface area contributed by atoms with E-state index >= 15 is 0 Å². The molecule has 1 aromatic carbocycles. The number of carbonyl (C=O) groups excluding carboxylic acids is 3. The van der Waals surface area contributed by atoms with E-state index < -0.39 is 23.5 Å². The maximum Gasteiger partial charge on any atom is 0.407 e. The molecule has 9 nitrogen and oxygen atoms in total. The predicted molar refractivity (Wildman–Crippen MR) is 87.0 cm³/mol. The Morgan fingerprint density at radius 2 is 1.84 bits per heavy atom. The Morgan fingerprint density at radius 1 is 1.12 bits per heavy atom. The molecule has 1 aromatic rings. The van der Waals surface area contributed by atoms with Crippen molar-refractivity contribution in [1.29, 1.82) is 0 Å². The fourth-order valence-corrected chi connectivity index (χ4v) is 1.89. The van der Waals surface area contributed by atoms with E-state index in [1.54, 1.807) is 32.9 Å². The number of nitrogens with one attached hydrogen (secondary N) is 3. The van der Waals surface area contributed by atoms with Gasteiger partial charge in [-0.15, -0.1) is 0 Å². The molecule has 0 atom stereocenters. The van der Waals surface area contributed by atoms with Crippen LogP contribution in [0, 0.1) is 0 Å². The minimum atomic E-state index is -0.607. The van der Waals surface area contributed by atoms with Crippen LogP contribution in [0.25, 0.3) is 0 Å². The molecule has 0 saturated heterocycles. The van der Waals surface area contributed by atoms with Crippen LogP contribution in [0.2, 0.25) is 0 Å². The van der Waals surface area contributed by atoms with Crippen LogP contribution in [-0.2, 0) is 9.53 Å². The van der Waals surface area contributed by atoms with Crippen molar-refractivity contribution < 1.29 is 28.6 Å². The molecule has 0 saturated carbocycles. The van der Waals surface area contributed by atoms with Gasteiger partial charge in [-0.2, -0.15) is 0 Å². The molecule has 0 fully saturated rings. The third-order valence-corrected chi connectivity index (χ3v) is 2.97. The first kappa shape index (κ1) is 18.4. The van der Waals surface area contributed by atoms with Gasteiger partial charge in [0.15, 0.2) is 11.5 Å². The Labute approximate surface area is 145 Å². The SMILES string of the molecule is CC(C)(C)OC(=O)NCCC(=O)NNC(=O)c1ccc2c(c1)OCO2. The van der Waals surface area contributed by atoms with Crippen LogP contribution in [-0.4, -0.2) is 36.8 Å². The predicted octanol–water partition coefficient (Wildman–Crippen LogP) is 1.09. The van der Waals surface area contributed by atoms with Gasteiger partial charge < -0.3 is 19.5 Å². The number of hydrogen-bond donors (Lipinski definition) is 3. The third kappa shape index (κ3) is 5.87. The van der Waals surface area contributed by atoms with Gasteiger partial charge >= 0.3 is 6.09 Å². The van der Waals surface area contributed by atoms with Gasteiger partial charge in [0.25, 0.3) is 5.91 Å². The number of hydrazine groups is 1. The zero-order chi connectivity index (χ0) is 18.4. The van der Waals surface area contributed by atoms with Crippen molar-refractivity contribution in [3.63, 3.8) is 0 Å². The lowest BCUT2D eigenvalue weighted by Crippen LogP contribution is -2.43. The molecular formula is C16H21N3O6. The Kier molecular flexibility index (Phi) is 5.68. The average Bonchev–Trinajstić information content (AvgIpc) is 2.98. The first-order chi connectivity index (χ1) is 11.7. The highest BCUT2D eigenvalue weighted by Gasteiger charge is 2.17. The molecule has 2 rings (SSSR count). The highest BCUT2D eigenvalue weighted by molar-refractivity contribution is 5.96. The van der Waals surface area contributed by atoms with Crippen LogP contribution >= 0.6 is 0 Å². The van der Waals surface area contributed by atoms with Gasteiger partial charge in [0.1, 0.15) is 5.60 Å². The highest BCUT2D eigenvalue weighted by atomic mass is 16.7. The van der Waals surface area contributed by atoms with E-state index in [-0.39, 0.29) is 19.8 Å². The van der Waals surface area contributed by atoms with Gasteiger partial charge in [-0.3, -0.25) is 20.4 Å². The van der Waals surface area contributed by atoms with E-state index in [1.165, 1.54) is 6.07 Å². The van der Waals surface area contributed by atoms with E-state index in [4.69, 9.17) is 14.2 Å². The van der Waals surface area contributed by atoms with Crippen LogP contribution in [0.3, 0.4) is 0 Å². The van der Waals surface area contributed by atoms with Crippen molar-refractivity contribution in [2.45, 2.75) is 32.8 Å². The second-order valence-corrected chi connectivity index (χ2v) is 6.25. The van der Waals surface area contributed by atoms with Gasteiger partial charge in [-0.25, -0.2) is 4.79 Å². The first-order valence-corrected chi connectivity index (χ1v) is 7.70. The summed E-state index contributed by atoms with van der Waals surface area (Å²) in [7, 11) is 0. The number of fused-ring (bicyclic) bond motifs is 1. The number of hydrogen-bond acceptors (Lipinski definition) is 6.